The molecule has 0 atom stereocenters. The molecule has 0 saturated carbocycles. The topological polar surface area (TPSA) is 154 Å². The maximum Gasteiger partial charge on any atom is 0.408 e. The molecule has 2 aromatic heterocycles. The van der Waals surface area contributed by atoms with Gasteiger partial charge in [0, 0.05) is 6.20 Å². The summed E-state index contributed by atoms with van der Waals surface area (Å²) in [5, 5.41) is 2.25. The molecule has 12 nitrogen and oxygen atoms in total. The number of carbonyl (C=O) groups is 3. The molecule has 44 heavy (non-hydrogen) atoms. The van der Waals surface area contributed by atoms with Crippen molar-refractivity contribution in [2.45, 2.75) is 70.6 Å². The molecule has 3 rings (SSSR count). The Bertz CT molecular complexity index is 1610. The fourth-order valence-corrected chi connectivity index (χ4v) is 6.06. The number of Topliss-reactive ketones (excluding diaryl/α,β-unsaturated/α-hetero) is 1. The minimum atomic E-state index is -4.54. The Balaban J connectivity index is 1.92. The number of ketones is 1. The van der Waals surface area contributed by atoms with Crippen molar-refractivity contribution in [3.05, 3.63) is 64.8 Å². The van der Waals surface area contributed by atoms with E-state index in [0.29, 0.717) is 11.3 Å². The lowest BCUT2D eigenvalue weighted by molar-refractivity contribution is -0.117. The Hall–Kier alpha value is -4.11. The number of rotatable bonds is 11. The standard InChI is InChI=1S/C29H35FN4O8S2/c1-28(2,3)41-26(36)24-25(43-17-33-24)34(16-18-8-10-20(40-7)11-9-18)44(38,39)21-13-22(30)23(31-15-21)12-19(35)14-32-27(37)42-29(4,5)6/h8-11,13,15,17H,12,14,16H2,1-7H3,(H,32,37). The molecular formula is C29H35FN4O8S2. The van der Waals surface area contributed by atoms with Gasteiger partial charge in [0.25, 0.3) is 10.0 Å². The second-order valence-electron chi connectivity index (χ2n) is 11.5. The zero-order chi connectivity index (χ0) is 32.9. The molecular weight excluding hydrogens is 615 g/mol. The highest BCUT2D eigenvalue weighted by Gasteiger charge is 2.33. The predicted molar refractivity (Wildman–Crippen MR) is 161 cm³/mol. The van der Waals surface area contributed by atoms with Crippen LogP contribution in [0.1, 0.15) is 63.3 Å². The van der Waals surface area contributed by atoms with E-state index in [0.717, 1.165) is 27.9 Å². The Morgan fingerprint density at radius 1 is 1.00 bits per heavy atom. The number of benzene rings is 1. The first-order valence-corrected chi connectivity index (χ1v) is 15.7. The Morgan fingerprint density at radius 3 is 2.20 bits per heavy atom. The Morgan fingerprint density at radius 2 is 1.64 bits per heavy atom. The number of pyridine rings is 1. The molecule has 238 valence electrons. The Kier molecular flexibility index (Phi) is 10.7. The van der Waals surface area contributed by atoms with E-state index >= 15 is 4.39 Å². The number of sulfonamides is 1. The highest BCUT2D eigenvalue weighted by atomic mass is 32.2. The summed E-state index contributed by atoms with van der Waals surface area (Å²) in [7, 11) is -3.05. The van der Waals surface area contributed by atoms with Gasteiger partial charge in [-0.05, 0) is 65.3 Å². The lowest BCUT2D eigenvalue weighted by atomic mass is 10.2. The smallest absolute Gasteiger partial charge is 0.408 e. The van der Waals surface area contributed by atoms with E-state index in [1.165, 1.54) is 12.6 Å². The van der Waals surface area contributed by atoms with Crippen molar-refractivity contribution < 1.29 is 41.4 Å². The van der Waals surface area contributed by atoms with Crippen LogP contribution in [0.4, 0.5) is 14.2 Å². The summed E-state index contributed by atoms with van der Waals surface area (Å²) < 4.78 is 59.7. The number of nitrogens with zero attached hydrogens (tertiary/aromatic N) is 3. The average molecular weight is 651 g/mol. The number of carbonyl (C=O) groups excluding carboxylic acids is 3. The minimum absolute atomic E-state index is 0.0389. The molecule has 0 bridgehead atoms. The third kappa shape index (κ3) is 9.44. The van der Waals surface area contributed by atoms with Gasteiger partial charge in [-0.15, -0.1) is 11.3 Å². The number of hydrogen-bond donors (Lipinski definition) is 1. The quantitative estimate of drug-likeness (QED) is 0.290. The van der Waals surface area contributed by atoms with Crippen molar-refractivity contribution in [3.8, 4) is 5.75 Å². The monoisotopic (exact) mass is 650 g/mol. The van der Waals surface area contributed by atoms with Crippen LogP contribution in [0.3, 0.4) is 0 Å². The number of ether oxygens (including phenoxy) is 3. The summed E-state index contributed by atoms with van der Waals surface area (Å²) in [5.74, 6) is -1.90. The van der Waals surface area contributed by atoms with Gasteiger partial charge in [0.2, 0.25) is 0 Å². The first-order valence-electron chi connectivity index (χ1n) is 13.3. The molecule has 1 aromatic carbocycles. The molecule has 0 spiro atoms. The van der Waals surface area contributed by atoms with Crippen molar-refractivity contribution in [3.63, 3.8) is 0 Å². The number of hydrogen-bond acceptors (Lipinski definition) is 11. The SMILES string of the molecule is COc1ccc(CN(c2scnc2C(=O)OC(C)(C)C)S(=O)(=O)c2cnc(CC(=O)CNC(=O)OC(C)(C)C)c(F)c2)cc1. The second kappa shape index (κ2) is 13.7. The number of esters is 1. The van der Waals surface area contributed by atoms with Gasteiger partial charge in [0.15, 0.2) is 11.5 Å². The van der Waals surface area contributed by atoms with Crippen LogP contribution in [0.5, 0.6) is 5.75 Å². The molecule has 3 aromatic rings. The molecule has 0 saturated heterocycles. The zero-order valence-corrected chi connectivity index (χ0v) is 27.1. The first-order chi connectivity index (χ1) is 20.4. The molecule has 0 aliphatic rings. The second-order valence-corrected chi connectivity index (χ2v) is 14.2. The number of alkyl carbamates (subject to hydrolysis) is 1. The normalized spacial score (nSPS) is 11.9. The fourth-order valence-electron chi connectivity index (χ4n) is 3.63. The van der Waals surface area contributed by atoms with Crippen LogP contribution in [0.15, 0.2) is 46.9 Å². The highest BCUT2D eigenvalue weighted by molar-refractivity contribution is 7.93. The number of aromatic nitrogens is 2. The van der Waals surface area contributed by atoms with Crippen LogP contribution in [0, 0.1) is 5.82 Å². The maximum absolute atomic E-state index is 15.2. The number of amides is 1. The zero-order valence-electron chi connectivity index (χ0n) is 25.5. The number of nitrogens with one attached hydrogen (secondary N) is 1. The highest BCUT2D eigenvalue weighted by Crippen LogP contribution is 2.34. The van der Waals surface area contributed by atoms with Gasteiger partial charge in [-0.25, -0.2) is 27.4 Å². The number of thiazole rings is 1. The van der Waals surface area contributed by atoms with Crippen molar-refractivity contribution >= 4 is 44.2 Å². The van der Waals surface area contributed by atoms with Gasteiger partial charge >= 0.3 is 12.1 Å². The summed E-state index contributed by atoms with van der Waals surface area (Å²) in [4.78, 5) is 44.6. The van der Waals surface area contributed by atoms with E-state index < -0.39 is 62.7 Å². The first kappa shape index (κ1) is 34.4. The largest absolute Gasteiger partial charge is 0.497 e. The summed E-state index contributed by atoms with van der Waals surface area (Å²) in [6.07, 6.45) is -0.390. The Labute approximate surface area is 259 Å². The fraction of sp³-hybridized carbons (Fsp3) is 0.414. The summed E-state index contributed by atoms with van der Waals surface area (Å²) in [5.41, 5.74) is -0.337. The lowest BCUT2D eigenvalue weighted by Crippen LogP contribution is -2.36. The molecule has 0 radical (unpaired) electrons. The van der Waals surface area contributed by atoms with E-state index in [1.54, 1.807) is 65.8 Å². The number of anilines is 1. The van der Waals surface area contributed by atoms with Crippen LogP contribution in [-0.4, -0.2) is 61.1 Å². The molecule has 1 amide bonds. The van der Waals surface area contributed by atoms with Gasteiger partial charge in [-0.1, -0.05) is 12.1 Å². The van der Waals surface area contributed by atoms with Crippen molar-refractivity contribution in [1.29, 1.82) is 0 Å². The minimum Gasteiger partial charge on any atom is -0.497 e. The third-order valence-corrected chi connectivity index (χ3v) is 8.20. The molecule has 15 heteroatoms. The molecule has 0 aliphatic heterocycles. The average Bonchev–Trinajstić information content (AvgIpc) is 3.40. The molecule has 0 aliphatic carbocycles. The van der Waals surface area contributed by atoms with Crippen molar-refractivity contribution in [1.82, 2.24) is 15.3 Å². The molecule has 2 heterocycles. The van der Waals surface area contributed by atoms with Crippen LogP contribution >= 0.6 is 11.3 Å². The van der Waals surface area contributed by atoms with Gasteiger partial charge in [0.1, 0.15) is 32.7 Å². The van der Waals surface area contributed by atoms with Gasteiger partial charge in [-0.2, -0.15) is 0 Å². The third-order valence-electron chi connectivity index (χ3n) is 5.53. The van der Waals surface area contributed by atoms with E-state index in [4.69, 9.17) is 14.2 Å². The van der Waals surface area contributed by atoms with E-state index in [-0.39, 0.29) is 22.9 Å². The number of halogens is 1. The summed E-state index contributed by atoms with van der Waals surface area (Å²) in [6.45, 7) is 9.29. The van der Waals surface area contributed by atoms with Gasteiger partial charge < -0.3 is 19.5 Å². The predicted octanol–water partition coefficient (Wildman–Crippen LogP) is 4.67. The lowest BCUT2D eigenvalue weighted by Gasteiger charge is -2.25. The van der Waals surface area contributed by atoms with E-state index in [9.17, 15) is 22.8 Å². The summed E-state index contributed by atoms with van der Waals surface area (Å²) >= 11 is 0.894. The van der Waals surface area contributed by atoms with Crippen LogP contribution in [0.2, 0.25) is 0 Å². The van der Waals surface area contributed by atoms with Gasteiger partial charge in [-0.3, -0.25) is 14.1 Å². The number of methoxy groups -OCH3 is 1. The van der Waals surface area contributed by atoms with Crippen LogP contribution in [0.25, 0.3) is 0 Å². The van der Waals surface area contributed by atoms with Gasteiger partial charge in [0.05, 0.1) is 37.8 Å². The van der Waals surface area contributed by atoms with E-state index in [1.807, 2.05) is 0 Å². The molecule has 0 fully saturated rings. The molecule has 1 N–H and O–H groups in total. The van der Waals surface area contributed by atoms with E-state index in [2.05, 4.69) is 15.3 Å². The molecule has 0 unspecified atom stereocenters. The summed E-state index contributed by atoms with van der Waals surface area (Å²) in [6, 6.07) is 7.34. The van der Waals surface area contributed by atoms with Crippen LogP contribution in [-0.2, 0) is 37.3 Å². The van der Waals surface area contributed by atoms with Crippen molar-refractivity contribution in [2.75, 3.05) is 18.0 Å². The van der Waals surface area contributed by atoms with Crippen molar-refractivity contribution in [2.24, 2.45) is 0 Å². The van der Waals surface area contributed by atoms with Crippen LogP contribution < -0.4 is 14.4 Å². The maximum atomic E-state index is 15.2.